The van der Waals surface area contributed by atoms with E-state index in [1.807, 2.05) is 13.8 Å². The van der Waals surface area contributed by atoms with E-state index in [1.54, 1.807) is 7.05 Å². The van der Waals surface area contributed by atoms with Crippen molar-refractivity contribution in [2.45, 2.75) is 44.9 Å². The van der Waals surface area contributed by atoms with Crippen molar-refractivity contribution in [3.05, 3.63) is 0 Å². The highest BCUT2D eigenvalue weighted by molar-refractivity contribution is 5.83. The average Bonchev–Trinajstić information content (AvgIpc) is 2.68. The molecule has 0 spiro atoms. The van der Waals surface area contributed by atoms with Crippen LogP contribution >= 0.6 is 0 Å². The molecule has 1 heterocycles. The van der Waals surface area contributed by atoms with Gasteiger partial charge >= 0.3 is 12.0 Å². The second-order valence-electron chi connectivity index (χ2n) is 4.55. The zero-order valence-electron chi connectivity index (χ0n) is 10.5. The molecule has 17 heavy (non-hydrogen) atoms. The van der Waals surface area contributed by atoms with E-state index in [0.29, 0.717) is 0 Å². The minimum Gasteiger partial charge on any atom is -0.480 e. The van der Waals surface area contributed by atoms with E-state index in [1.165, 1.54) is 9.80 Å². The Bertz CT molecular complexity index is 308. The van der Waals surface area contributed by atoms with E-state index in [4.69, 9.17) is 5.11 Å². The van der Waals surface area contributed by atoms with Crippen LogP contribution in [-0.2, 0) is 4.79 Å². The second-order valence-corrected chi connectivity index (χ2v) is 4.55. The minimum atomic E-state index is -1.06. The fourth-order valence-corrected chi connectivity index (χ4v) is 1.92. The lowest BCUT2D eigenvalue weighted by Crippen LogP contribution is -2.49. The Balaban J connectivity index is 2.77. The number of aliphatic hydroxyl groups is 1. The first kappa shape index (κ1) is 13.8. The van der Waals surface area contributed by atoms with Crippen molar-refractivity contribution in [3.8, 4) is 0 Å². The van der Waals surface area contributed by atoms with E-state index in [-0.39, 0.29) is 25.0 Å². The number of nitrogens with zero attached hydrogens (tertiary/aromatic N) is 2. The van der Waals surface area contributed by atoms with E-state index in [9.17, 15) is 14.7 Å². The molecule has 0 radical (unpaired) electrons. The van der Waals surface area contributed by atoms with Gasteiger partial charge in [0.05, 0.1) is 6.10 Å². The van der Waals surface area contributed by atoms with E-state index in [0.717, 1.165) is 6.42 Å². The summed E-state index contributed by atoms with van der Waals surface area (Å²) in [5.41, 5.74) is 0. The van der Waals surface area contributed by atoms with Crippen LogP contribution in [0.3, 0.4) is 0 Å². The van der Waals surface area contributed by atoms with Crippen LogP contribution < -0.4 is 0 Å². The van der Waals surface area contributed by atoms with Gasteiger partial charge in [-0.15, -0.1) is 0 Å². The summed E-state index contributed by atoms with van der Waals surface area (Å²) in [4.78, 5) is 25.8. The Morgan fingerprint density at radius 3 is 2.59 bits per heavy atom. The van der Waals surface area contributed by atoms with Crippen molar-refractivity contribution in [1.29, 1.82) is 0 Å². The van der Waals surface area contributed by atoms with Crippen LogP contribution in [0.5, 0.6) is 0 Å². The molecule has 6 nitrogen and oxygen atoms in total. The van der Waals surface area contributed by atoms with Gasteiger partial charge in [-0.1, -0.05) is 6.92 Å². The molecule has 1 aliphatic heterocycles. The number of amides is 2. The normalized spacial score (nSPS) is 25.8. The fourth-order valence-electron chi connectivity index (χ4n) is 1.92. The number of carbonyl (C=O) groups excluding carboxylic acids is 1. The van der Waals surface area contributed by atoms with E-state index >= 15 is 0 Å². The molecule has 1 saturated heterocycles. The fraction of sp³-hybridized carbons (Fsp3) is 0.818. The third kappa shape index (κ3) is 2.88. The van der Waals surface area contributed by atoms with Gasteiger partial charge in [0.1, 0.15) is 6.04 Å². The van der Waals surface area contributed by atoms with Crippen molar-refractivity contribution >= 4 is 12.0 Å². The Morgan fingerprint density at radius 2 is 2.12 bits per heavy atom. The van der Waals surface area contributed by atoms with Crippen LogP contribution in [0.4, 0.5) is 4.79 Å². The first-order valence-electron chi connectivity index (χ1n) is 5.82. The number of likely N-dealkylation sites (tertiary alicyclic amines) is 1. The van der Waals surface area contributed by atoms with Crippen LogP contribution in [0.2, 0.25) is 0 Å². The maximum atomic E-state index is 12.1. The number of carboxylic acid groups (broad SMARTS) is 1. The predicted molar refractivity (Wildman–Crippen MR) is 61.7 cm³/mol. The van der Waals surface area contributed by atoms with Crippen molar-refractivity contribution in [2.24, 2.45) is 0 Å². The summed E-state index contributed by atoms with van der Waals surface area (Å²) in [5, 5.41) is 18.5. The molecular weight excluding hydrogens is 224 g/mol. The zero-order chi connectivity index (χ0) is 13.2. The summed E-state index contributed by atoms with van der Waals surface area (Å²) in [6, 6.07) is -1.19. The zero-order valence-corrected chi connectivity index (χ0v) is 10.5. The van der Waals surface area contributed by atoms with Crippen LogP contribution in [0.1, 0.15) is 26.7 Å². The topological polar surface area (TPSA) is 81.1 Å². The molecule has 2 N–H and O–H groups in total. The summed E-state index contributed by atoms with van der Waals surface area (Å²) in [6.45, 7) is 3.96. The third-order valence-corrected chi connectivity index (χ3v) is 3.36. The van der Waals surface area contributed by atoms with Crippen LogP contribution in [-0.4, -0.2) is 63.8 Å². The second kappa shape index (κ2) is 5.35. The minimum absolute atomic E-state index is 0.0506. The Morgan fingerprint density at radius 1 is 1.53 bits per heavy atom. The maximum absolute atomic E-state index is 12.1. The van der Waals surface area contributed by atoms with Crippen LogP contribution in [0.25, 0.3) is 0 Å². The summed E-state index contributed by atoms with van der Waals surface area (Å²) in [7, 11) is 1.65. The molecule has 6 heteroatoms. The standard InChI is InChI=1S/C11H20N2O4/c1-4-7(2)12(3)11(17)13-6-8(14)5-9(13)10(15)16/h7-9,14H,4-6H2,1-3H3,(H,15,16)/t7?,8-,9-/m0/s1. The monoisotopic (exact) mass is 244 g/mol. The van der Waals surface area contributed by atoms with E-state index < -0.39 is 18.1 Å². The van der Waals surface area contributed by atoms with Gasteiger partial charge in [0.15, 0.2) is 0 Å². The number of carbonyl (C=O) groups is 2. The van der Waals surface area contributed by atoms with Gasteiger partial charge in [-0.3, -0.25) is 0 Å². The number of aliphatic carboxylic acids is 1. The molecule has 0 saturated carbocycles. The molecule has 98 valence electrons. The highest BCUT2D eigenvalue weighted by Crippen LogP contribution is 2.20. The average molecular weight is 244 g/mol. The molecule has 1 fully saturated rings. The van der Waals surface area contributed by atoms with Gasteiger partial charge in [0.25, 0.3) is 0 Å². The molecule has 0 aliphatic carbocycles. The molecule has 1 rings (SSSR count). The molecule has 0 aromatic carbocycles. The van der Waals surface area contributed by atoms with Crippen molar-refractivity contribution in [1.82, 2.24) is 9.80 Å². The van der Waals surface area contributed by atoms with Gasteiger partial charge in [0.2, 0.25) is 0 Å². The predicted octanol–water partition coefficient (Wildman–Crippen LogP) is 0.357. The highest BCUT2D eigenvalue weighted by Gasteiger charge is 2.40. The third-order valence-electron chi connectivity index (χ3n) is 3.36. The van der Waals surface area contributed by atoms with Gasteiger partial charge in [-0.05, 0) is 13.3 Å². The summed E-state index contributed by atoms with van der Waals surface area (Å²) < 4.78 is 0. The molecule has 0 aromatic heterocycles. The van der Waals surface area contributed by atoms with Crippen molar-refractivity contribution < 1.29 is 19.8 Å². The number of β-amino-alcohol motifs (C(OH)–C–C–N with tert-alkyl or cyclic N) is 1. The van der Waals surface area contributed by atoms with Gasteiger partial charge < -0.3 is 20.0 Å². The number of aliphatic hydroxyl groups excluding tert-OH is 1. The maximum Gasteiger partial charge on any atom is 0.326 e. The SMILES string of the molecule is CCC(C)N(C)C(=O)N1C[C@@H](O)C[C@H]1C(=O)O. The van der Waals surface area contributed by atoms with Crippen LogP contribution in [0, 0.1) is 0 Å². The smallest absolute Gasteiger partial charge is 0.326 e. The van der Waals surface area contributed by atoms with Gasteiger partial charge in [-0.2, -0.15) is 0 Å². The quantitative estimate of drug-likeness (QED) is 0.751. The molecule has 3 atom stereocenters. The number of hydrogen-bond donors (Lipinski definition) is 2. The first-order valence-corrected chi connectivity index (χ1v) is 5.82. The molecule has 0 bridgehead atoms. The van der Waals surface area contributed by atoms with E-state index in [2.05, 4.69) is 0 Å². The Kier molecular flexibility index (Phi) is 4.34. The lowest BCUT2D eigenvalue weighted by Gasteiger charge is -2.31. The summed E-state index contributed by atoms with van der Waals surface area (Å²) in [5.74, 6) is -1.06. The summed E-state index contributed by atoms with van der Waals surface area (Å²) >= 11 is 0. The molecular formula is C11H20N2O4. The Labute approximate surface area is 101 Å². The number of carboxylic acids is 1. The molecule has 1 aliphatic rings. The van der Waals surface area contributed by atoms with Gasteiger partial charge in [-0.25, -0.2) is 9.59 Å². The number of rotatable bonds is 3. The number of urea groups is 1. The number of hydrogen-bond acceptors (Lipinski definition) is 3. The largest absolute Gasteiger partial charge is 0.480 e. The first-order chi connectivity index (χ1) is 7.88. The molecule has 0 aromatic rings. The molecule has 2 amide bonds. The lowest BCUT2D eigenvalue weighted by atomic mass is 10.2. The molecule has 1 unspecified atom stereocenters. The lowest BCUT2D eigenvalue weighted by molar-refractivity contribution is -0.141. The van der Waals surface area contributed by atoms with Crippen LogP contribution in [0.15, 0.2) is 0 Å². The Hall–Kier alpha value is -1.30. The van der Waals surface area contributed by atoms with Crippen molar-refractivity contribution in [3.63, 3.8) is 0 Å². The van der Waals surface area contributed by atoms with Crippen molar-refractivity contribution in [2.75, 3.05) is 13.6 Å². The summed E-state index contributed by atoms with van der Waals surface area (Å²) in [6.07, 6.45) is 0.164. The van der Waals surface area contributed by atoms with Gasteiger partial charge in [0, 0.05) is 26.1 Å². The highest BCUT2D eigenvalue weighted by atomic mass is 16.4.